The summed E-state index contributed by atoms with van der Waals surface area (Å²) >= 11 is 0. The molecular weight excluding hydrogens is 388 g/mol. The number of hydrogen-bond donors (Lipinski definition) is 2. The van der Waals surface area contributed by atoms with Gasteiger partial charge in [-0.2, -0.15) is 0 Å². The summed E-state index contributed by atoms with van der Waals surface area (Å²) in [5, 5.41) is 7.06. The SMILES string of the molecule is CNC1CCC(CC2CCC(NCOC(COC)COc3ccc(C)cc3)CC2)CC1. The van der Waals surface area contributed by atoms with Crippen LogP contribution >= 0.6 is 0 Å². The molecular formula is C26H44N2O3. The molecule has 0 spiro atoms. The first-order valence-electron chi connectivity index (χ1n) is 12.4. The first-order valence-corrected chi connectivity index (χ1v) is 12.4. The smallest absolute Gasteiger partial charge is 0.119 e. The topological polar surface area (TPSA) is 51.8 Å². The zero-order valence-corrected chi connectivity index (χ0v) is 19.9. The van der Waals surface area contributed by atoms with Gasteiger partial charge in [0.25, 0.3) is 0 Å². The number of methoxy groups -OCH3 is 1. The molecule has 1 atom stereocenters. The first kappa shape index (κ1) is 24.5. The standard InChI is InChI=1S/C26H44N2O3/c1-20-4-14-25(15-5-20)30-18-26(17-29-3)31-19-28-24-12-8-22(9-13-24)16-21-6-10-23(27-2)11-7-21/h4-5,14-15,21-24,26-28H,6-13,16-19H2,1-3H3. The average Bonchev–Trinajstić information content (AvgIpc) is 2.80. The molecule has 2 aliphatic rings. The summed E-state index contributed by atoms with van der Waals surface area (Å²) in [6, 6.07) is 9.47. The molecule has 176 valence electrons. The normalized spacial score (nSPS) is 27.7. The fraction of sp³-hybridized carbons (Fsp3) is 0.769. The van der Waals surface area contributed by atoms with E-state index in [1.54, 1.807) is 7.11 Å². The second-order valence-corrected chi connectivity index (χ2v) is 9.68. The molecule has 0 aromatic heterocycles. The van der Waals surface area contributed by atoms with Crippen molar-refractivity contribution in [3.8, 4) is 5.75 Å². The van der Waals surface area contributed by atoms with Crippen molar-refractivity contribution in [2.24, 2.45) is 11.8 Å². The van der Waals surface area contributed by atoms with E-state index in [-0.39, 0.29) is 6.10 Å². The number of aryl methyl sites for hydroxylation is 1. The Hall–Kier alpha value is -1.14. The van der Waals surface area contributed by atoms with Gasteiger partial charge in [0, 0.05) is 19.2 Å². The van der Waals surface area contributed by atoms with Gasteiger partial charge in [-0.3, -0.25) is 5.32 Å². The van der Waals surface area contributed by atoms with Crippen LogP contribution in [0.3, 0.4) is 0 Å². The molecule has 0 heterocycles. The lowest BCUT2D eigenvalue weighted by atomic mass is 9.76. The Morgan fingerprint density at radius 3 is 2.06 bits per heavy atom. The molecule has 2 fully saturated rings. The molecule has 5 heteroatoms. The number of hydrogen-bond acceptors (Lipinski definition) is 5. The van der Waals surface area contributed by atoms with Gasteiger partial charge in [-0.05, 0) is 95.7 Å². The second-order valence-electron chi connectivity index (χ2n) is 9.68. The number of rotatable bonds is 12. The van der Waals surface area contributed by atoms with Crippen LogP contribution in [0.15, 0.2) is 24.3 Å². The maximum absolute atomic E-state index is 6.03. The van der Waals surface area contributed by atoms with Gasteiger partial charge >= 0.3 is 0 Å². The Kier molecular flexibility index (Phi) is 10.6. The van der Waals surface area contributed by atoms with E-state index in [4.69, 9.17) is 14.2 Å². The lowest BCUT2D eigenvalue weighted by Gasteiger charge is -2.34. The van der Waals surface area contributed by atoms with Crippen LogP contribution in [0, 0.1) is 18.8 Å². The van der Waals surface area contributed by atoms with Crippen molar-refractivity contribution in [1.82, 2.24) is 10.6 Å². The molecule has 0 bridgehead atoms. The van der Waals surface area contributed by atoms with Crippen LogP contribution in [-0.2, 0) is 9.47 Å². The van der Waals surface area contributed by atoms with Crippen LogP contribution < -0.4 is 15.4 Å². The minimum atomic E-state index is -0.0668. The van der Waals surface area contributed by atoms with Gasteiger partial charge in [-0.15, -0.1) is 0 Å². The van der Waals surface area contributed by atoms with Crippen molar-refractivity contribution < 1.29 is 14.2 Å². The molecule has 0 saturated heterocycles. The molecule has 3 rings (SSSR count). The third-order valence-electron chi connectivity index (χ3n) is 7.27. The van der Waals surface area contributed by atoms with Crippen molar-refractivity contribution in [1.29, 1.82) is 0 Å². The predicted octanol–water partition coefficient (Wildman–Crippen LogP) is 4.68. The lowest BCUT2D eigenvalue weighted by Crippen LogP contribution is -2.38. The van der Waals surface area contributed by atoms with Gasteiger partial charge in [0.2, 0.25) is 0 Å². The Balaban J connectivity index is 1.28. The van der Waals surface area contributed by atoms with Crippen LogP contribution in [0.1, 0.15) is 63.4 Å². The summed E-state index contributed by atoms with van der Waals surface area (Å²) < 4.78 is 17.2. The minimum Gasteiger partial charge on any atom is -0.491 e. The van der Waals surface area contributed by atoms with Crippen LogP contribution in [0.2, 0.25) is 0 Å². The second kappa shape index (κ2) is 13.4. The molecule has 2 N–H and O–H groups in total. The average molecular weight is 433 g/mol. The van der Waals surface area contributed by atoms with Crippen LogP contribution in [0.25, 0.3) is 0 Å². The molecule has 0 amide bonds. The van der Waals surface area contributed by atoms with Gasteiger partial charge in [0.15, 0.2) is 0 Å². The van der Waals surface area contributed by atoms with Gasteiger partial charge in [0.05, 0.1) is 13.3 Å². The summed E-state index contributed by atoms with van der Waals surface area (Å²) in [4.78, 5) is 0. The monoisotopic (exact) mass is 432 g/mol. The molecule has 0 aliphatic heterocycles. The van der Waals surface area contributed by atoms with Crippen molar-refractivity contribution >= 4 is 0 Å². The van der Waals surface area contributed by atoms with E-state index in [9.17, 15) is 0 Å². The Morgan fingerprint density at radius 1 is 0.871 bits per heavy atom. The number of benzene rings is 1. The largest absolute Gasteiger partial charge is 0.491 e. The van der Waals surface area contributed by atoms with Crippen molar-refractivity contribution in [2.75, 3.05) is 34.1 Å². The Bertz CT molecular complexity index is 593. The summed E-state index contributed by atoms with van der Waals surface area (Å²) in [5.74, 6) is 2.77. The van der Waals surface area contributed by atoms with E-state index in [1.807, 2.05) is 12.1 Å². The third-order valence-corrected chi connectivity index (χ3v) is 7.27. The zero-order chi connectivity index (χ0) is 21.9. The van der Waals surface area contributed by atoms with Crippen LogP contribution in [-0.4, -0.2) is 52.3 Å². The van der Waals surface area contributed by atoms with Gasteiger partial charge in [-0.1, -0.05) is 17.7 Å². The quantitative estimate of drug-likeness (QED) is 0.470. The molecule has 2 aliphatic carbocycles. The lowest BCUT2D eigenvalue weighted by molar-refractivity contribution is -0.0363. The fourth-order valence-electron chi connectivity index (χ4n) is 5.20. The zero-order valence-electron chi connectivity index (χ0n) is 19.9. The van der Waals surface area contributed by atoms with E-state index < -0.39 is 0 Å². The molecule has 1 unspecified atom stereocenters. The summed E-state index contributed by atoms with van der Waals surface area (Å²) in [6.07, 6.45) is 12.2. The van der Waals surface area contributed by atoms with Crippen LogP contribution in [0.4, 0.5) is 0 Å². The van der Waals surface area contributed by atoms with Crippen LogP contribution in [0.5, 0.6) is 5.75 Å². The highest BCUT2D eigenvalue weighted by Crippen LogP contribution is 2.35. The Morgan fingerprint density at radius 2 is 1.48 bits per heavy atom. The minimum absolute atomic E-state index is 0.0668. The molecule has 1 aromatic rings. The highest BCUT2D eigenvalue weighted by atomic mass is 16.6. The van der Waals surface area contributed by atoms with Crippen molar-refractivity contribution in [2.45, 2.75) is 82.9 Å². The van der Waals surface area contributed by atoms with Crippen molar-refractivity contribution in [3.63, 3.8) is 0 Å². The van der Waals surface area contributed by atoms with E-state index in [0.717, 1.165) is 23.6 Å². The summed E-state index contributed by atoms with van der Waals surface area (Å²) in [6.45, 7) is 3.68. The molecule has 0 radical (unpaired) electrons. The molecule has 2 saturated carbocycles. The maximum atomic E-state index is 6.03. The molecule has 1 aromatic carbocycles. The van der Waals surface area contributed by atoms with E-state index in [0.29, 0.717) is 26.0 Å². The van der Waals surface area contributed by atoms with E-state index in [2.05, 4.69) is 36.7 Å². The van der Waals surface area contributed by atoms with E-state index in [1.165, 1.54) is 63.4 Å². The van der Waals surface area contributed by atoms with Gasteiger partial charge in [0.1, 0.15) is 18.5 Å². The highest BCUT2D eigenvalue weighted by molar-refractivity contribution is 5.26. The summed E-state index contributed by atoms with van der Waals surface area (Å²) in [5.41, 5.74) is 1.23. The number of nitrogens with one attached hydrogen (secondary N) is 2. The van der Waals surface area contributed by atoms with E-state index >= 15 is 0 Å². The van der Waals surface area contributed by atoms with Gasteiger partial charge < -0.3 is 19.5 Å². The van der Waals surface area contributed by atoms with Crippen molar-refractivity contribution in [3.05, 3.63) is 29.8 Å². The summed E-state index contributed by atoms with van der Waals surface area (Å²) in [7, 11) is 3.82. The highest BCUT2D eigenvalue weighted by Gasteiger charge is 2.26. The third kappa shape index (κ3) is 8.72. The number of ether oxygens (including phenoxy) is 3. The molecule has 5 nitrogen and oxygen atoms in total. The fourth-order valence-corrected chi connectivity index (χ4v) is 5.20. The van der Waals surface area contributed by atoms with Gasteiger partial charge in [-0.25, -0.2) is 0 Å². The molecule has 31 heavy (non-hydrogen) atoms. The maximum Gasteiger partial charge on any atom is 0.119 e. The predicted molar refractivity (Wildman–Crippen MR) is 127 cm³/mol. The first-order chi connectivity index (χ1) is 15.2. The Labute approximate surface area is 189 Å².